The van der Waals surface area contributed by atoms with E-state index >= 15 is 0 Å². The van der Waals surface area contributed by atoms with Crippen molar-refractivity contribution in [3.05, 3.63) is 35.9 Å². The fourth-order valence-corrected chi connectivity index (χ4v) is 0.974. The first-order chi connectivity index (χ1) is 8.13. The summed E-state index contributed by atoms with van der Waals surface area (Å²) >= 11 is 14.4. The molecule has 1 aliphatic heterocycles. The molecule has 2 nitrogen and oxygen atoms in total. The van der Waals surface area contributed by atoms with Crippen LogP contribution in [0.2, 0.25) is 0 Å². The van der Waals surface area contributed by atoms with Crippen molar-refractivity contribution >= 4 is 34.8 Å². The van der Waals surface area contributed by atoms with Crippen LogP contribution in [0.3, 0.4) is 0 Å². The molecule has 0 spiro atoms. The van der Waals surface area contributed by atoms with Crippen LogP contribution in [0.5, 0.6) is 0 Å². The molecule has 0 radical (unpaired) electrons. The highest BCUT2D eigenvalue weighted by Gasteiger charge is 1.94. The first-order valence-corrected chi connectivity index (χ1v) is 6.53. The standard InChI is InChI=1S/C7H8.C4H8O2.CHCl3/c1-7-5-3-2-4-6-7;1-2-6-4-3-5-1;2-1(3)4/h2-6H,1H3;1-4H2;1H. The third kappa shape index (κ3) is 16.0. The highest BCUT2D eigenvalue weighted by molar-refractivity contribution is 6.63. The third-order valence-corrected chi connectivity index (χ3v) is 1.68. The second-order valence-electron chi connectivity index (χ2n) is 3.13. The van der Waals surface area contributed by atoms with Gasteiger partial charge in [0.2, 0.25) is 0 Å². The van der Waals surface area contributed by atoms with Gasteiger partial charge in [-0.2, -0.15) is 0 Å². The van der Waals surface area contributed by atoms with E-state index in [1.807, 2.05) is 18.2 Å². The van der Waals surface area contributed by atoms with E-state index in [2.05, 4.69) is 19.1 Å². The Balaban J connectivity index is 0.000000236. The molecule has 0 atom stereocenters. The Labute approximate surface area is 118 Å². The van der Waals surface area contributed by atoms with Gasteiger partial charge in [-0.1, -0.05) is 70.7 Å². The predicted molar refractivity (Wildman–Crippen MR) is 74.2 cm³/mol. The van der Waals surface area contributed by atoms with Gasteiger partial charge < -0.3 is 9.47 Å². The van der Waals surface area contributed by atoms with Crippen molar-refractivity contribution in [2.75, 3.05) is 26.4 Å². The molecule has 98 valence electrons. The lowest BCUT2D eigenvalue weighted by Gasteiger charge is -2.09. The Morgan fingerprint density at radius 2 is 1.24 bits per heavy atom. The molecule has 0 bridgehead atoms. The average Bonchev–Trinajstić information content (AvgIpc) is 2.32. The SMILES string of the molecule is C1COCCO1.Cc1ccccc1.ClC(Cl)Cl. The molecular formula is C12H17Cl3O2. The van der Waals surface area contributed by atoms with Crippen LogP contribution in [0.4, 0.5) is 0 Å². The topological polar surface area (TPSA) is 18.5 Å². The molecule has 17 heavy (non-hydrogen) atoms. The fourth-order valence-electron chi connectivity index (χ4n) is 0.974. The first-order valence-electron chi connectivity index (χ1n) is 5.22. The van der Waals surface area contributed by atoms with Gasteiger partial charge in [0.25, 0.3) is 0 Å². The normalized spacial score (nSPS) is 14.2. The summed E-state index contributed by atoms with van der Waals surface area (Å²) in [6.45, 7) is 5.19. The Hall–Kier alpha value is 0.01000. The number of alkyl halides is 3. The summed E-state index contributed by atoms with van der Waals surface area (Å²) in [5.74, 6) is 0. The Kier molecular flexibility index (Phi) is 12.5. The largest absolute Gasteiger partial charge is 0.377 e. The number of rotatable bonds is 0. The number of halogens is 3. The second kappa shape index (κ2) is 12.5. The molecule has 1 saturated heterocycles. The van der Waals surface area contributed by atoms with Crippen molar-refractivity contribution < 1.29 is 9.47 Å². The average molecular weight is 300 g/mol. The quantitative estimate of drug-likeness (QED) is 0.674. The summed E-state index contributed by atoms with van der Waals surface area (Å²) in [4.78, 5) is 0. The van der Waals surface area contributed by atoms with Crippen LogP contribution in [-0.4, -0.2) is 30.7 Å². The van der Waals surface area contributed by atoms with Gasteiger partial charge in [-0.15, -0.1) is 0 Å². The van der Waals surface area contributed by atoms with Crippen molar-refractivity contribution in [3.63, 3.8) is 0 Å². The first kappa shape index (κ1) is 17.0. The molecule has 1 heterocycles. The van der Waals surface area contributed by atoms with Crippen molar-refractivity contribution in [3.8, 4) is 0 Å². The smallest absolute Gasteiger partial charge is 0.180 e. The summed E-state index contributed by atoms with van der Waals surface area (Å²) in [6, 6.07) is 10.3. The van der Waals surface area contributed by atoms with E-state index in [4.69, 9.17) is 44.3 Å². The van der Waals surface area contributed by atoms with E-state index in [1.165, 1.54) is 5.56 Å². The van der Waals surface area contributed by atoms with Gasteiger partial charge in [0.1, 0.15) is 0 Å². The maximum Gasteiger partial charge on any atom is 0.180 e. The highest BCUT2D eigenvalue weighted by atomic mass is 35.6. The fraction of sp³-hybridized carbons (Fsp3) is 0.500. The monoisotopic (exact) mass is 298 g/mol. The van der Waals surface area contributed by atoms with Crippen molar-refractivity contribution in [2.24, 2.45) is 0 Å². The van der Waals surface area contributed by atoms with Gasteiger partial charge in [0, 0.05) is 0 Å². The van der Waals surface area contributed by atoms with Crippen molar-refractivity contribution in [1.29, 1.82) is 0 Å². The van der Waals surface area contributed by atoms with Crippen LogP contribution < -0.4 is 0 Å². The van der Waals surface area contributed by atoms with Crippen LogP contribution >= 0.6 is 34.8 Å². The Bertz CT molecular complexity index is 237. The van der Waals surface area contributed by atoms with E-state index < -0.39 is 4.30 Å². The molecule has 0 aliphatic carbocycles. The minimum Gasteiger partial charge on any atom is -0.377 e. The molecule has 1 aromatic rings. The molecule has 2 rings (SSSR count). The zero-order valence-corrected chi connectivity index (χ0v) is 12.0. The van der Waals surface area contributed by atoms with Crippen molar-refractivity contribution in [1.82, 2.24) is 0 Å². The lowest BCUT2D eigenvalue weighted by molar-refractivity contribution is -0.0334. The van der Waals surface area contributed by atoms with Crippen molar-refractivity contribution in [2.45, 2.75) is 11.2 Å². The number of hydrogen-bond acceptors (Lipinski definition) is 2. The van der Waals surface area contributed by atoms with Gasteiger partial charge in [-0.05, 0) is 6.92 Å². The van der Waals surface area contributed by atoms with E-state index in [0.717, 1.165) is 26.4 Å². The number of hydrogen-bond donors (Lipinski definition) is 0. The molecule has 1 aromatic carbocycles. The van der Waals surface area contributed by atoms with Crippen LogP contribution in [0.15, 0.2) is 30.3 Å². The predicted octanol–water partition coefficient (Wildman–Crippen LogP) is 4.01. The summed E-state index contributed by atoms with van der Waals surface area (Å²) in [5, 5.41) is 0. The minimum absolute atomic E-state index is 0.750. The van der Waals surface area contributed by atoms with Gasteiger partial charge in [-0.25, -0.2) is 0 Å². The van der Waals surface area contributed by atoms with Gasteiger partial charge in [-0.3, -0.25) is 0 Å². The third-order valence-electron chi connectivity index (χ3n) is 1.68. The molecule has 1 aliphatic rings. The van der Waals surface area contributed by atoms with E-state index in [0.29, 0.717) is 0 Å². The lowest BCUT2D eigenvalue weighted by Crippen LogP contribution is -2.16. The van der Waals surface area contributed by atoms with Gasteiger partial charge in [0.05, 0.1) is 26.4 Å². The molecule has 0 unspecified atom stereocenters. The Morgan fingerprint density at radius 1 is 0.882 bits per heavy atom. The van der Waals surface area contributed by atoms with Crippen LogP contribution in [0.1, 0.15) is 5.56 Å². The highest BCUT2D eigenvalue weighted by Crippen LogP contribution is 2.03. The summed E-state index contributed by atoms with van der Waals surface area (Å²) in [6.07, 6.45) is 0. The maximum atomic E-state index is 4.94. The van der Waals surface area contributed by atoms with E-state index in [1.54, 1.807) is 0 Å². The number of benzene rings is 1. The van der Waals surface area contributed by atoms with Gasteiger partial charge in [0.15, 0.2) is 4.30 Å². The second-order valence-corrected chi connectivity index (χ2v) is 5.11. The molecule has 1 fully saturated rings. The maximum absolute atomic E-state index is 4.94. The summed E-state index contributed by atoms with van der Waals surface area (Å²) < 4.78 is 9.14. The minimum atomic E-state index is -0.750. The molecule has 0 N–H and O–H groups in total. The zero-order valence-electron chi connectivity index (χ0n) is 9.74. The van der Waals surface area contributed by atoms with Crippen LogP contribution in [0, 0.1) is 6.92 Å². The molecule has 0 aromatic heterocycles. The van der Waals surface area contributed by atoms with Gasteiger partial charge >= 0.3 is 0 Å². The zero-order chi connectivity index (χ0) is 12.9. The lowest BCUT2D eigenvalue weighted by atomic mass is 10.2. The van der Waals surface area contributed by atoms with Crippen LogP contribution in [0.25, 0.3) is 0 Å². The molecular weight excluding hydrogens is 282 g/mol. The number of ether oxygens (including phenoxy) is 2. The Morgan fingerprint density at radius 3 is 1.41 bits per heavy atom. The molecule has 0 amide bonds. The summed E-state index contributed by atoms with van der Waals surface area (Å²) in [7, 11) is 0. The van der Waals surface area contributed by atoms with E-state index in [-0.39, 0.29) is 0 Å². The molecule has 0 saturated carbocycles. The number of aryl methyl sites for hydroxylation is 1. The molecule has 5 heteroatoms. The van der Waals surface area contributed by atoms with Crippen LogP contribution in [-0.2, 0) is 9.47 Å². The van der Waals surface area contributed by atoms with E-state index in [9.17, 15) is 0 Å². The summed E-state index contributed by atoms with van der Waals surface area (Å²) in [5.41, 5.74) is 1.32.